The number of hydrogen-bond acceptors (Lipinski definition) is 1. The molecule has 0 radical (unpaired) electrons. The predicted molar refractivity (Wildman–Crippen MR) is 73.5 cm³/mol. The molecule has 2 aliphatic heterocycles. The monoisotopic (exact) mass is 264 g/mol. The fourth-order valence-corrected chi connectivity index (χ4v) is 4.99. The Balaban J connectivity index is 1.86. The third kappa shape index (κ3) is 1.48. The van der Waals surface area contributed by atoms with Gasteiger partial charge in [-0.15, -0.1) is 11.3 Å². The highest BCUT2D eigenvalue weighted by molar-refractivity contribution is 7.19. The largest absolute Gasteiger partial charge is 0.315 e. The molecular weight excluding hydrogens is 250 g/mol. The zero-order valence-corrected chi connectivity index (χ0v) is 11.3. The molecule has 0 saturated carbocycles. The van der Waals surface area contributed by atoms with E-state index in [9.17, 15) is 0 Å². The van der Waals surface area contributed by atoms with Gasteiger partial charge in [0.15, 0.2) is 0 Å². The Kier molecular flexibility index (Phi) is 2.11. The maximum atomic E-state index is 6.13. The topological polar surface area (TPSA) is 0 Å². The van der Waals surface area contributed by atoms with Crippen molar-refractivity contribution in [3.63, 3.8) is 0 Å². The summed E-state index contributed by atoms with van der Waals surface area (Å²) in [4.78, 5) is 1.61. The molecular formula is C14H15ClNS+. The fraction of sp³-hybridized carbons (Fsp3) is 0.429. The van der Waals surface area contributed by atoms with Crippen molar-refractivity contribution in [3.8, 4) is 0 Å². The Labute approximate surface area is 110 Å². The average Bonchev–Trinajstić information content (AvgIpc) is 2.96. The number of fused-ring (bicyclic) bond motifs is 3. The molecule has 1 fully saturated rings. The lowest BCUT2D eigenvalue weighted by molar-refractivity contribution is -0.935. The van der Waals surface area contributed by atoms with Gasteiger partial charge in [-0.3, -0.25) is 0 Å². The normalized spacial score (nSPS) is 21.5. The summed E-state index contributed by atoms with van der Waals surface area (Å²) in [5, 5.41) is 2.29. The maximum absolute atomic E-state index is 6.13. The number of hydrogen-bond donors (Lipinski definition) is 0. The van der Waals surface area contributed by atoms with Crippen LogP contribution < -0.4 is 0 Å². The van der Waals surface area contributed by atoms with E-state index >= 15 is 0 Å². The summed E-state index contributed by atoms with van der Waals surface area (Å²) < 4.78 is 2.74. The molecule has 1 aromatic heterocycles. The Morgan fingerprint density at radius 1 is 1.12 bits per heavy atom. The lowest BCUT2D eigenvalue weighted by Gasteiger charge is -2.28. The molecule has 4 rings (SSSR count). The van der Waals surface area contributed by atoms with Crippen molar-refractivity contribution >= 4 is 33.0 Å². The first-order valence-corrected chi connectivity index (χ1v) is 7.50. The van der Waals surface area contributed by atoms with E-state index in [1.807, 2.05) is 17.4 Å². The van der Waals surface area contributed by atoms with Gasteiger partial charge >= 0.3 is 0 Å². The Morgan fingerprint density at radius 2 is 1.94 bits per heavy atom. The number of quaternary nitrogens is 1. The quantitative estimate of drug-likeness (QED) is 0.626. The molecule has 2 aliphatic rings. The van der Waals surface area contributed by atoms with Gasteiger partial charge in [0.2, 0.25) is 0 Å². The van der Waals surface area contributed by atoms with E-state index in [1.54, 1.807) is 10.4 Å². The smallest absolute Gasteiger partial charge is 0.114 e. The van der Waals surface area contributed by atoms with Crippen molar-refractivity contribution in [2.24, 2.45) is 0 Å². The van der Waals surface area contributed by atoms with Crippen molar-refractivity contribution < 1.29 is 4.48 Å². The van der Waals surface area contributed by atoms with E-state index in [0.29, 0.717) is 0 Å². The van der Waals surface area contributed by atoms with E-state index in [1.165, 1.54) is 53.6 Å². The molecule has 1 saturated heterocycles. The minimum atomic E-state index is 0.873. The van der Waals surface area contributed by atoms with Crippen molar-refractivity contribution in [2.45, 2.75) is 25.9 Å². The molecule has 0 atom stereocenters. The summed E-state index contributed by atoms with van der Waals surface area (Å²) >= 11 is 8.11. The van der Waals surface area contributed by atoms with Gasteiger partial charge in [-0.25, -0.2) is 0 Å². The Bertz CT molecular complexity index is 596. The highest BCUT2D eigenvalue weighted by Gasteiger charge is 2.40. The van der Waals surface area contributed by atoms with Crippen LogP contribution in [0.15, 0.2) is 18.2 Å². The minimum Gasteiger partial charge on any atom is -0.315 e. The summed E-state index contributed by atoms with van der Waals surface area (Å²) in [6.45, 7) is 5.27. The Hall–Kier alpha value is -0.570. The minimum absolute atomic E-state index is 0.873. The van der Waals surface area contributed by atoms with Gasteiger partial charge in [0.05, 0.1) is 18.0 Å². The van der Waals surface area contributed by atoms with Gasteiger partial charge in [-0.2, -0.15) is 0 Å². The van der Waals surface area contributed by atoms with Crippen LogP contribution in [-0.4, -0.2) is 17.6 Å². The van der Waals surface area contributed by atoms with Gasteiger partial charge in [-0.05, 0) is 18.2 Å². The second-order valence-corrected chi connectivity index (χ2v) is 7.03. The maximum Gasteiger partial charge on any atom is 0.114 e. The Morgan fingerprint density at radius 3 is 2.76 bits per heavy atom. The van der Waals surface area contributed by atoms with E-state index in [0.717, 1.165) is 5.02 Å². The first-order chi connectivity index (χ1) is 8.26. The zero-order valence-electron chi connectivity index (χ0n) is 9.71. The molecule has 3 heteroatoms. The van der Waals surface area contributed by atoms with Gasteiger partial charge in [0, 0.05) is 33.5 Å². The fourth-order valence-electron chi connectivity index (χ4n) is 3.49. The van der Waals surface area contributed by atoms with E-state index in [2.05, 4.69) is 12.1 Å². The molecule has 1 spiro atoms. The second-order valence-electron chi connectivity index (χ2n) is 5.46. The number of thiophene rings is 1. The van der Waals surface area contributed by atoms with Crippen LogP contribution in [0.3, 0.4) is 0 Å². The first kappa shape index (κ1) is 10.4. The molecule has 3 heterocycles. The molecule has 2 aromatic rings. The molecule has 88 valence electrons. The van der Waals surface area contributed by atoms with Crippen molar-refractivity contribution in [1.29, 1.82) is 0 Å². The molecule has 1 nitrogen and oxygen atoms in total. The SMILES string of the molecule is Clc1ccc2sc3c(c2c1)C[N+]1(CCCC1)C3. The van der Waals surface area contributed by atoms with Crippen molar-refractivity contribution in [2.75, 3.05) is 13.1 Å². The standard InChI is InChI=1S/C14H15ClNS/c15-10-3-4-13-11(7-10)12-8-16(5-1-2-6-16)9-14(12)17-13/h3-4,7H,1-2,5-6,8-9H2/q+1. The summed E-state index contributed by atoms with van der Waals surface area (Å²) in [6, 6.07) is 6.34. The zero-order chi connectivity index (χ0) is 11.5. The molecule has 0 amide bonds. The average molecular weight is 265 g/mol. The second kappa shape index (κ2) is 3.47. The van der Waals surface area contributed by atoms with Crippen molar-refractivity contribution in [1.82, 2.24) is 0 Å². The van der Waals surface area contributed by atoms with Gasteiger partial charge < -0.3 is 4.48 Å². The number of benzene rings is 1. The number of rotatable bonds is 0. The van der Waals surface area contributed by atoms with Crippen LogP contribution in [0.2, 0.25) is 5.02 Å². The van der Waals surface area contributed by atoms with Crippen LogP contribution in [0.4, 0.5) is 0 Å². The van der Waals surface area contributed by atoms with Crippen LogP contribution in [0.25, 0.3) is 10.1 Å². The lowest BCUT2D eigenvalue weighted by atomic mass is 10.1. The molecule has 17 heavy (non-hydrogen) atoms. The third-order valence-corrected chi connectivity index (χ3v) is 5.76. The summed E-state index contributed by atoms with van der Waals surface area (Å²) in [6.07, 6.45) is 2.82. The van der Waals surface area contributed by atoms with Gasteiger partial charge in [0.1, 0.15) is 13.1 Å². The van der Waals surface area contributed by atoms with Crippen LogP contribution >= 0.6 is 22.9 Å². The number of halogens is 1. The molecule has 0 unspecified atom stereocenters. The van der Waals surface area contributed by atoms with Crippen LogP contribution in [0.1, 0.15) is 23.3 Å². The number of nitrogens with zero attached hydrogens (tertiary/aromatic N) is 1. The molecule has 1 aromatic carbocycles. The summed E-state index contributed by atoms with van der Waals surface area (Å²) in [5.41, 5.74) is 1.59. The summed E-state index contributed by atoms with van der Waals surface area (Å²) in [5.74, 6) is 0. The van der Waals surface area contributed by atoms with Crippen LogP contribution in [-0.2, 0) is 13.1 Å². The van der Waals surface area contributed by atoms with E-state index < -0.39 is 0 Å². The van der Waals surface area contributed by atoms with E-state index in [-0.39, 0.29) is 0 Å². The van der Waals surface area contributed by atoms with E-state index in [4.69, 9.17) is 11.6 Å². The highest BCUT2D eigenvalue weighted by atomic mass is 35.5. The highest BCUT2D eigenvalue weighted by Crippen LogP contribution is 2.43. The lowest BCUT2D eigenvalue weighted by Crippen LogP contribution is -2.39. The predicted octanol–water partition coefficient (Wildman–Crippen LogP) is 4.18. The van der Waals surface area contributed by atoms with Gasteiger partial charge in [-0.1, -0.05) is 11.6 Å². The van der Waals surface area contributed by atoms with Crippen LogP contribution in [0.5, 0.6) is 0 Å². The molecule has 0 aliphatic carbocycles. The van der Waals surface area contributed by atoms with Crippen LogP contribution in [0, 0.1) is 0 Å². The van der Waals surface area contributed by atoms with Crippen molar-refractivity contribution in [3.05, 3.63) is 33.7 Å². The third-order valence-electron chi connectivity index (χ3n) is 4.32. The first-order valence-electron chi connectivity index (χ1n) is 6.31. The summed E-state index contributed by atoms with van der Waals surface area (Å²) in [7, 11) is 0. The van der Waals surface area contributed by atoms with Gasteiger partial charge in [0.25, 0.3) is 0 Å². The molecule has 0 N–H and O–H groups in total. The molecule has 0 bridgehead atoms.